The third-order valence-corrected chi connectivity index (χ3v) is 4.40. The first kappa shape index (κ1) is 14.4. The zero-order chi connectivity index (χ0) is 16.0. The van der Waals surface area contributed by atoms with Crippen molar-refractivity contribution in [2.45, 2.75) is 13.8 Å². The van der Waals surface area contributed by atoms with Crippen molar-refractivity contribution in [1.82, 2.24) is 0 Å². The van der Waals surface area contributed by atoms with Gasteiger partial charge in [0.05, 0.1) is 18.9 Å². The summed E-state index contributed by atoms with van der Waals surface area (Å²) in [5.74, 6) is -1.27. The van der Waals surface area contributed by atoms with Gasteiger partial charge in [0.25, 0.3) is 0 Å². The summed E-state index contributed by atoms with van der Waals surface area (Å²) in [6.07, 6.45) is 3.54. The Hall–Kier alpha value is -2.49. The number of rotatable bonds is 2. The number of hydrogen-bond acceptors (Lipinski definition) is 4. The fraction of sp³-hybridized carbons (Fsp3) is 0.278. The number of Topliss-reactive ketones (excluding diaryl/α,β-unsaturated/α-hetero) is 3. The number of hydrogen-bond donors (Lipinski definition) is 0. The molecule has 112 valence electrons. The normalized spacial score (nSPS) is 23.2. The summed E-state index contributed by atoms with van der Waals surface area (Å²) < 4.78 is 5.30. The summed E-state index contributed by atoms with van der Waals surface area (Å²) in [5, 5.41) is 0. The quantitative estimate of drug-likeness (QED) is 0.787. The first-order valence-electron chi connectivity index (χ1n) is 7.12. The van der Waals surface area contributed by atoms with Crippen molar-refractivity contribution in [3.63, 3.8) is 0 Å². The molecule has 2 unspecified atom stereocenters. The van der Waals surface area contributed by atoms with Crippen LogP contribution in [0.1, 0.15) is 44.9 Å². The molecule has 0 N–H and O–H groups in total. The van der Waals surface area contributed by atoms with Gasteiger partial charge in [0.15, 0.2) is 17.3 Å². The van der Waals surface area contributed by atoms with E-state index in [0.717, 1.165) is 5.57 Å². The van der Waals surface area contributed by atoms with Crippen LogP contribution in [0, 0.1) is 11.8 Å². The van der Waals surface area contributed by atoms with Crippen LogP contribution in [0.5, 0.6) is 0 Å². The van der Waals surface area contributed by atoms with Crippen LogP contribution in [0.25, 0.3) is 0 Å². The Morgan fingerprint density at radius 3 is 2.45 bits per heavy atom. The number of fused-ring (bicyclic) bond motifs is 2. The van der Waals surface area contributed by atoms with Crippen LogP contribution in [0.3, 0.4) is 0 Å². The topological polar surface area (TPSA) is 60.4 Å². The first-order chi connectivity index (χ1) is 10.5. The molecule has 1 aromatic carbocycles. The van der Waals surface area contributed by atoms with Gasteiger partial charge in [0, 0.05) is 16.7 Å². The SMILES string of the molecule is COC1=CC=C(C)C2C(=O)c3c(C(C)=O)cccc3C(=O)C12. The van der Waals surface area contributed by atoms with E-state index in [1.165, 1.54) is 14.0 Å². The summed E-state index contributed by atoms with van der Waals surface area (Å²) in [7, 11) is 1.50. The lowest BCUT2D eigenvalue weighted by Gasteiger charge is -2.34. The molecule has 2 aliphatic carbocycles. The van der Waals surface area contributed by atoms with E-state index in [4.69, 9.17) is 4.74 Å². The lowest BCUT2D eigenvalue weighted by molar-refractivity contribution is 0.0729. The van der Waals surface area contributed by atoms with Gasteiger partial charge >= 0.3 is 0 Å². The zero-order valence-electron chi connectivity index (χ0n) is 12.7. The summed E-state index contributed by atoms with van der Waals surface area (Å²) in [6, 6.07) is 4.85. The minimum absolute atomic E-state index is 0.164. The molecule has 4 heteroatoms. The van der Waals surface area contributed by atoms with E-state index in [-0.39, 0.29) is 22.9 Å². The summed E-state index contributed by atoms with van der Waals surface area (Å²) in [4.78, 5) is 37.7. The van der Waals surface area contributed by atoms with Gasteiger partial charge in [-0.2, -0.15) is 0 Å². The molecule has 22 heavy (non-hydrogen) atoms. The zero-order valence-corrected chi connectivity index (χ0v) is 12.7. The van der Waals surface area contributed by atoms with Crippen LogP contribution >= 0.6 is 0 Å². The van der Waals surface area contributed by atoms with Crippen molar-refractivity contribution in [3.8, 4) is 0 Å². The third-order valence-electron chi connectivity index (χ3n) is 4.40. The number of allylic oxidation sites excluding steroid dienone is 4. The molecule has 2 atom stereocenters. The maximum Gasteiger partial charge on any atom is 0.175 e. The number of ketones is 3. The Kier molecular flexibility index (Phi) is 3.32. The lowest BCUT2D eigenvalue weighted by Crippen LogP contribution is -2.40. The molecule has 3 rings (SSSR count). The van der Waals surface area contributed by atoms with Crippen LogP contribution in [0.15, 0.2) is 41.7 Å². The highest BCUT2D eigenvalue weighted by Gasteiger charge is 2.46. The van der Waals surface area contributed by atoms with E-state index in [0.29, 0.717) is 16.9 Å². The van der Waals surface area contributed by atoms with Gasteiger partial charge in [-0.25, -0.2) is 0 Å². The Bertz CT molecular complexity index is 767. The Labute approximate surface area is 128 Å². The molecule has 2 aliphatic rings. The Balaban J connectivity index is 2.27. The first-order valence-corrected chi connectivity index (χ1v) is 7.12. The second-order valence-electron chi connectivity index (χ2n) is 5.65. The number of benzene rings is 1. The van der Waals surface area contributed by atoms with Gasteiger partial charge in [-0.1, -0.05) is 29.8 Å². The van der Waals surface area contributed by atoms with Crippen LogP contribution < -0.4 is 0 Å². The van der Waals surface area contributed by atoms with E-state index in [1.807, 2.05) is 6.92 Å². The van der Waals surface area contributed by atoms with Crippen LogP contribution in [0.4, 0.5) is 0 Å². The molecule has 0 heterocycles. The maximum absolute atomic E-state index is 13.0. The molecular weight excluding hydrogens is 280 g/mol. The number of carbonyl (C=O) groups excluding carboxylic acids is 3. The monoisotopic (exact) mass is 296 g/mol. The molecule has 0 aromatic heterocycles. The largest absolute Gasteiger partial charge is 0.500 e. The molecule has 0 radical (unpaired) electrons. The van der Waals surface area contributed by atoms with Gasteiger partial charge in [0.2, 0.25) is 0 Å². The highest BCUT2D eigenvalue weighted by molar-refractivity contribution is 6.22. The number of methoxy groups -OCH3 is 1. The van der Waals surface area contributed by atoms with E-state index in [9.17, 15) is 14.4 Å². The van der Waals surface area contributed by atoms with Crippen molar-refractivity contribution in [2.24, 2.45) is 11.8 Å². The molecule has 0 saturated carbocycles. The third kappa shape index (κ3) is 1.87. The molecule has 0 bridgehead atoms. The molecule has 4 nitrogen and oxygen atoms in total. The smallest absolute Gasteiger partial charge is 0.175 e. The van der Waals surface area contributed by atoms with Gasteiger partial charge in [-0.05, 0) is 19.9 Å². The fourth-order valence-electron chi connectivity index (χ4n) is 3.32. The predicted molar refractivity (Wildman–Crippen MR) is 80.9 cm³/mol. The summed E-state index contributed by atoms with van der Waals surface area (Å²) in [5.41, 5.74) is 1.70. The van der Waals surface area contributed by atoms with Gasteiger partial charge in [-0.3, -0.25) is 14.4 Å². The molecule has 0 saturated heterocycles. The van der Waals surface area contributed by atoms with E-state index < -0.39 is 11.8 Å². The van der Waals surface area contributed by atoms with Gasteiger partial charge < -0.3 is 4.74 Å². The van der Waals surface area contributed by atoms with Gasteiger partial charge in [-0.15, -0.1) is 0 Å². The number of ether oxygens (including phenoxy) is 1. The molecule has 0 aliphatic heterocycles. The minimum atomic E-state index is -0.628. The van der Waals surface area contributed by atoms with Gasteiger partial charge in [0.1, 0.15) is 5.76 Å². The second-order valence-corrected chi connectivity index (χ2v) is 5.65. The van der Waals surface area contributed by atoms with Crippen molar-refractivity contribution in [3.05, 3.63) is 58.4 Å². The van der Waals surface area contributed by atoms with E-state index in [1.54, 1.807) is 30.4 Å². The average molecular weight is 296 g/mol. The summed E-state index contributed by atoms with van der Waals surface area (Å²) >= 11 is 0. The average Bonchev–Trinajstić information content (AvgIpc) is 2.51. The second kappa shape index (κ2) is 5.05. The molecule has 1 aromatic rings. The number of carbonyl (C=O) groups is 3. The Morgan fingerprint density at radius 1 is 1.09 bits per heavy atom. The van der Waals surface area contributed by atoms with Crippen LogP contribution in [-0.2, 0) is 4.74 Å². The molecular formula is C18H16O4. The predicted octanol–water partition coefficient (Wildman–Crippen LogP) is 2.99. The van der Waals surface area contributed by atoms with Crippen LogP contribution in [-0.4, -0.2) is 24.5 Å². The highest BCUT2D eigenvalue weighted by atomic mass is 16.5. The van der Waals surface area contributed by atoms with Crippen molar-refractivity contribution < 1.29 is 19.1 Å². The molecule has 0 fully saturated rings. The molecule has 0 amide bonds. The maximum atomic E-state index is 13.0. The van der Waals surface area contributed by atoms with E-state index in [2.05, 4.69) is 0 Å². The van der Waals surface area contributed by atoms with Crippen molar-refractivity contribution in [1.29, 1.82) is 0 Å². The fourth-order valence-corrected chi connectivity index (χ4v) is 3.32. The lowest BCUT2D eigenvalue weighted by atomic mass is 9.67. The standard InChI is InChI=1S/C18H16O4/c1-9-7-8-13(22-3)16-14(9)18(21)15-11(10(2)19)5-4-6-12(15)17(16)20/h4-8,14,16H,1-3H3. The van der Waals surface area contributed by atoms with Crippen molar-refractivity contribution >= 4 is 17.3 Å². The molecule has 0 spiro atoms. The minimum Gasteiger partial charge on any atom is -0.500 e. The highest BCUT2D eigenvalue weighted by Crippen LogP contribution is 2.41. The Morgan fingerprint density at radius 2 is 1.82 bits per heavy atom. The summed E-state index contributed by atoms with van der Waals surface area (Å²) in [6.45, 7) is 3.23. The van der Waals surface area contributed by atoms with Crippen LogP contribution in [0.2, 0.25) is 0 Å². The van der Waals surface area contributed by atoms with E-state index >= 15 is 0 Å². The van der Waals surface area contributed by atoms with Crippen molar-refractivity contribution in [2.75, 3.05) is 7.11 Å².